The zero-order valence-corrected chi connectivity index (χ0v) is 12.0. The molecule has 1 heterocycles. The van der Waals surface area contributed by atoms with Gasteiger partial charge < -0.3 is 14.8 Å². The lowest BCUT2D eigenvalue weighted by Gasteiger charge is -2.22. The highest BCUT2D eigenvalue weighted by molar-refractivity contribution is 7.90. The largest absolute Gasteiger partial charge is 0.486 e. The maximum Gasteiger partial charge on any atom is 0.161 e. The lowest BCUT2D eigenvalue weighted by molar-refractivity contribution is 0.171. The van der Waals surface area contributed by atoms with Crippen molar-refractivity contribution in [3.63, 3.8) is 0 Å². The van der Waals surface area contributed by atoms with Crippen LogP contribution in [0.5, 0.6) is 11.5 Å². The predicted octanol–water partition coefficient (Wildman–Crippen LogP) is 1.15. The van der Waals surface area contributed by atoms with E-state index >= 15 is 0 Å². The van der Waals surface area contributed by atoms with Crippen LogP contribution in [0.15, 0.2) is 18.2 Å². The van der Waals surface area contributed by atoms with Gasteiger partial charge in [-0.3, -0.25) is 0 Å². The third-order valence-electron chi connectivity index (χ3n) is 3.09. The van der Waals surface area contributed by atoms with E-state index in [1.165, 1.54) is 6.26 Å². The molecule has 1 aliphatic heterocycles. The van der Waals surface area contributed by atoms with Gasteiger partial charge in [0.05, 0.1) is 5.75 Å². The van der Waals surface area contributed by atoms with Crippen LogP contribution in [0.2, 0.25) is 0 Å². The third kappa shape index (κ3) is 3.84. The van der Waals surface area contributed by atoms with Crippen molar-refractivity contribution < 1.29 is 17.9 Å². The minimum atomic E-state index is -2.95. The molecule has 1 aliphatic rings. The molecule has 1 aromatic rings. The van der Waals surface area contributed by atoms with Crippen LogP contribution in [0.1, 0.15) is 18.0 Å². The summed E-state index contributed by atoms with van der Waals surface area (Å²) in [5.41, 5.74) is 1.01. The monoisotopic (exact) mass is 285 g/mol. The van der Waals surface area contributed by atoms with Gasteiger partial charge in [-0.15, -0.1) is 0 Å². The topological polar surface area (TPSA) is 64.6 Å². The second-order valence-electron chi connectivity index (χ2n) is 4.66. The first-order chi connectivity index (χ1) is 8.99. The molecule has 1 N–H and O–H groups in total. The average Bonchev–Trinajstić information content (AvgIpc) is 2.38. The van der Waals surface area contributed by atoms with Gasteiger partial charge >= 0.3 is 0 Å². The fraction of sp³-hybridized carbons (Fsp3) is 0.538. The van der Waals surface area contributed by atoms with E-state index in [0.717, 1.165) is 17.1 Å². The molecule has 0 aliphatic carbocycles. The number of hydrogen-bond acceptors (Lipinski definition) is 5. The number of benzene rings is 1. The highest BCUT2D eigenvalue weighted by Gasteiger charge is 2.17. The van der Waals surface area contributed by atoms with Gasteiger partial charge in [0, 0.05) is 12.3 Å². The van der Waals surface area contributed by atoms with Gasteiger partial charge in [0.15, 0.2) is 11.5 Å². The van der Waals surface area contributed by atoms with E-state index in [1.807, 2.05) is 25.2 Å². The molecule has 0 saturated carbocycles. The van der Waals surface area contributed by atoms with Gasteiger partial charge in [0.1, 0.15) is 23.1 Å². The van der Waals surface area contributed by atoms with E-state index in [0.29, 0.717) is 19.6 Å². The Labute approximate surface area is 113 Å². The van der Waals surface area contributed by atoms with Crippen LogP contribution in [0.25, 0.3) is 0 Å². The molecule has 1 atom stereocenters. The number of ether oxygens (including phenoxy) is 2. The molecule has 1 aromatic carbocycles. The lowest BCUT2D eigenvalue weighted by atomic mass is 10.0. The molecule has 0 spiro atoms. The molecule has 0 fully saturated rings. The Balaban J connectivity index is 2.14. The van der Waals surface area contributed by atoms with Crippen LogP contribution in [0.4, 0.5) is 0 Å². The Morgan fingerprint density at radius 2 is 1.95 bits per heavy atom. The van der Waals surface area contributed by atoms with Gasteiger partial charge in [-0.1, -0.05) is 6.07 Å². The number of sulfone groups is 1. The van der Waals surface area contributed by atoms with Crippen molar-refractivity contribution in [2.75, 3.05) is 32.3 Å². The smallest absolute Gasteiger partial charge is 0.161 e. The fourth-order valence-corrected chi connectivity index (χ4v) is 2.75. The maximum absolute atomic E-state index is 11.2. The summed E-state index contributed by atoms with van der Waals surface area (Å²) in [6, 6.07) is 5.72. The van der Waals surface area contributed by atoms with E-state index < -0.39 is 9.84 Å². The molecule has 0 bridgehead atoms. The van der Waals surface area contributed by atoms with E-state index in [9.17, 15) is 8.42 Å². The molecule has 5 nitrogen and oxygen atoms in total. The number of fused-ring (bicyclic) bond motifs is 1. The van der Waals surface area contributed by atoms with Gasteiger partial charge in [0.2, 0.25) is 0 Å². The number of nitrogens with one attached hydrogen (secondary N) is 1. The fourth-order valence-electron chi connectivity index (χ4n) is 2.09. The second-order valence-corrected chi connectivity index (χ2v) is 6.92. The van der Waals surface area contributed by atoms with Crippen molar-refractivity contribution in [3.05, 3.63) is 23.8 Å². The van der Waals surface area contributed by atoms with Crippen molar-refractivity contribution in [2.24, 2.45) is 0 Å². The summed E-state index contributed by atoms with van der Waals surface area (Å²) in [5, 5.41) is 3.14. The zero-order chi connectivity index (χ0) is 13.9. The summed E-state index contributed by atoms with van der Waals surface area (Å²) in [7, 11) is -1.13. The molecule has 0 amide bonds. The molecule has 0 radical (unpaired) electrons. The minimum Gasteiger partial charge on any atom is -0.486 e. The standard InChI is InChI=1S/C13H19NO4S/c1-14-11(5-8-19(2,15)16)10-3-4-12-13(9-10)18-7-6-17-12/h3-4,9,11,14H,5-8H2,1-2H3. The number of hydrogen-bond donors (Lipinski definition) is 1. The summed E-state index contributed by atoms with van der Waals surface area (Å²) in [6.07, 6.45) is 1.79. The van der Waals surface area contributed by atoms with Crippen molar-refractivity contribution in [2.45, 2.75) is 12.5 Å². The van der Waals surface area contributed by atoms with Gasteiger partial charge in [-0.05, 0) is 31.2 Å². The van der Waals surface area contributed by atoms with Crippen LogP contribution in [-0.4, -0.2) is 40.7 Å². The first-order valence-corrected chi connectivity index (χ1v) is 8.30. The van der Waals surface area contributed by atoms with Crippen LogP contribution in [0.3, 0.4) is 0 Å². The van der Waals surface area contributed by atoms with E-state index in [1.54, 1.807) is 0 Å². The van der Waals surface area contributed by atoms with Crippen LogP contribution in [-0.2, 0) is 9.84 Å². The summed E-state index contributed by atoms with van der Waals surface area (Å²) < 4.78 is 33.5. The van der Waals surface area contributed by atoms with Crippen LogP contribution < -0.4 is 14.8 Å². The summed E-state index contributed by atoms with van der Waals surface area (Å²) in [6.45, 7) is 1.11. The maximum atomic E-state index is 11.2. The molecule has 19 heavy (non-hydrogen) atoms. The average molecular weight is 285 g/mol. The van der Waals surface area contributed by atoms with Crippen molar-refractivity contribution in [1.29, 1.82) is 0 Å². The van der Waals surface area contributed by atoms with Crippen molar-refractivity contribution in [1.82, 2.24) is 5.32 Å². The van der Waals surface area contributed by atoms with Gasteiger partial charge in [-0.2, -0.15) is 0 Å². The van der Waals surface area contributed by atoms with E-state index in [-0.39, 0.29) is 11.8 Å². The molecule has 2 rings (SSSR count). The Bertz CT molecular complexity index is 542. The Kier molecular flexibility index (Phi) is 4.31. The quantitative estimate of drug-likeness (QED) is 0.879. The molecule has 0 aromatic heterocycles. The highest BCUT2D eigenvalue weighted by Crippen LogP contribution is 2.33. The van der Waals surface area contributed by atoms with Crippen molar-refractivity contribution in [3.8, 4) is 11.5 Å². The van der Waals surface area contributed by atoms with Gasteiger partial charge in [-0.25, -0.2) is 8.42 Å². The lowest BCUT2D eigenvalue weighted by Crippen LogP contribution is -2.21. The molecular formula is C13H19NO4S. The van der Waals surface area contributed by atoms with Crippen LogP contribution in [0, 0.1) is 0 Å². The molecule has 106 valence electrons. The van der Waals surface area contributed by atoms with Crippen LogP contribution >= 0.6 is 0 Å². The van der Waals surface area contributed by atoms with E-state index in [4.69, 9.17) is 9.47 Å². The summed E-state index contributed by atoms with van der Waals surface area (Å²) in [4.78, 5) is 0. The zero-order valence-electron chi connectivity index (χ0n) is 11.2. The summed E-state index contributed by atoms with van der Waals surface area (Å²) >= 11 is 0. The third-order valence-corrected chi connectivity index (χ3v) is 4.07. The normalized spacial score (nSPS) is 16.1. The first kappa shape index (κ1) is 14.1. The summed E-state index contributed by atoms with van der Waals surface area (Å²) in [5.74, 6) is 1.63. The van der Waals surface area contributed by atoms with Crippen molar-refractivity contribution >= 4 is 9.84 Å². The Hall–Kier alpha value is -1.27. The minimum absolute atomic E-state index is 0.00875. The predicted molar refractivity (Wildman–Crippen MR) is 73.6 cm³/mol. The second kappa shape index (κ2) is 5.79. The number of rotatable bonds is 5. The van der Waals surface area contributed by atoms with E-state index in [2.05, 4.69) is 5.32 Å². The Morgan fingerprint density at radius 1 is 1.26 bits per heavy atom. The SMILES string of the molecule is CNC(CCS(C)(=O)=O)c1ccc2c(c1)OCCO2. The molecule has 1 unspecified atom stereocenters. The molecule has 6 heteroatoms. The molecule has 0 saturated heterocycles. The van der Waals surface area contributed by atoms with Gasteiger partial charge in [0.25, 0.3) is 0 Å². The first-order valence-electron chi connectivity index (χ1n) is 6.24. The molecular weight excluding hydrogens is 266 g/mol. The highest BCUT2D eigenvalue weighted by atomic mass is 32.2. The Morgan fingerprint density at radius 3 is 2.58 bits per heavy atom.